The Morgan fingerprint density at radius 1 is 1.43 bits per heavy atom. The van der Waals surface area contributed by atoms with E-state index in [0.717, 1.165) is 5.56 Å². The van der Waals surface area contributed by atoms with Crippen molar-refractivity contribution < 1.29 is 9.90 Å². The standard InChI is InChI=1S/C11H15NO2/c1-11(7-8-12,10(13)14)9-5-3-2-4-6-9/h2-6H,7-8,12H2,1H3,(H,13,14). The first-order chi connectivity index (χ1) is 6.61. The van der Waals surface area contributed by atoms with Crippen LogP contribution in [-0.2, 0) is 10.2 Å². The second kappa shape index (κ2) is 4.24. The molecular weight excluding hydrogens is 178 g/mol. The molecule has 0 aliphatic heterocycles. The van der Waals surface area contributed by atoms with Gasteiger partial charge in [0, 0.05) is 0 Å². The summed E-state index contributed by atoms with van der Waals surface area (Å²) in [5, 5.41) is 9.16. The summed E-state index contributed by atoms with van der Waals surface area (Å²) in [6.07, 6.45) is 0.451. The summed E-state index contributed by atoms with van der Waals surface area (Å²) in [5.74, 6) is -0.825. The van der Waals surface area contributed by atoms with E-state index in [1.807, 2.05) is 30.3 Å². The quantitative estimate of drug-likeness (QED) is 0.759. The summed E-state index contributed by atoms with van der Waals surface area (Å²) in [6, 6.07) is 9.20. The lowest BCUT2D eigenvalue weighted by Crippen LogP contribution is -2.34. The fraction of sp³-hybridized carbons (Fsp3) is 0.364. The number of carboxylic acids is 1. The highest BCUT2D eigenvalue weighted by molar-refractivity contribution is 5.80. The molecule has 0 bridgehead atoms. The highest BCUT2D eigenvalue weighted by atomic mass is 16.4. The van der Waals surface area contributed by atoms with E-state index in [-0.39, 0.29) is 0 Å². The Bertz CT molecular complexity index is 310. The fourth-order valence-corrected chi connectivity index (χ4v) is 1.47. The smallest absolute Gasteiger partial charge is 0.313 e. The van der Waals surface area contributed by atoms with Gasteiger partial charge in [0.25, 0.3) is 0 Å². The van der Waals surface area contributed by atoms with Crippen molar-refractivity contribution in [3.63, 3.8) is 0 Å². The van der Waals surface area contributed by atoms with E-state index in [9.17, 15) is 4.79 Å². The van der Waals surface area contributed by atoms with Crippen LogP contribution < -0.4 is 5.73 Å². The normalized spacial score (nSPS) is 14.7. The van der Waals surface area contributed by atoms with Gasteiger partial charge < -0.3 is 10.8 Å². The van der Waals surface area contributed by atoms with Gasteiger partial charge in [-0.1, -0.05) is 30.3 Å². The van der Waals surface area contributed by atoms with Gasteiger partial charge in [-0.3, -0.25) is 4.79 Å². The molecule has 1 rings (SSSR count). The van der Waals surface area contributed by atoms with Crippen molar-refractivity contribution in [1.82, 2.24) is 0 Å². The third-order valence-corrected chi connectivity index (χ3v) is 2.53. The fourth-order valence-electron chi connectivity index (χ4n) is 1.47. The van der Waals surface area contributed by atoms with E-state index in [1.165, 1.54) is 0 Å². The van der Waals surface area contributed by atoms with Gasteiger partial charge in [0.05, 0.1) is 5.41 Å². The Morgan fingerprint density at radius 3 is 2.43 bits per heavy atom. The van der Waals surface area contributed by atoms with Gasteiger partial charge in [-0.25, -0.2) is 0 Å². The van der Waals surface area contributed by atoms with Crippen LogP contribution in [0.1, 0.15) is 18.9 Å². The number of nitrogens with two attached hydrogens (primary N) is 1. The van der Waals surface area contributed by atoms with Crippen LogP contribution in [-0.4, -0.2) is 17.6 Å². The van der Waals surface area contributed by atoms with Gasteiger partial charge in [0.15, 0.2) is 0 Å². The zero-order valence-electron chi connectivity index (χ0n) is 8.23. The second-order valence-corrected chi connectivity index (χ2v) is 3.54. The molecule has 3 N–H and O–H groups in total. The van der Waals surface area contributed by atoms with Crippen LogP contribution in [0.4, 0.5) is 0 Å². The average Bonchev–Trinajstić information content (AvgIpc) is 2.19. The maximum absolute atomic E-state index is 11.2. The van der Waals surface area contributed by atoms with Gasteiger partial charge >= 0.3 is 5.97 Å². The minimum atomic E-state index is -0.865. The summed E-state index contributed by atoms with van der Waals surface area (Å²) in [4.78, 5) is 11.2. The average molecular weight is 193 g/mol. The molecule has 76 valence electrons. The molecule has 0 spiro atoms. The largest absolute Gasteiger partial charge is 0.481 e. The molecule has 0 heterocycles. The monoisotopic (exact) mass is 193 g/mol. The van der Waals surface area contributed by atoms with E-state index >= 15 is 0 Å². The molecule has 1 unspecified atom stereocenters. The topological polar surface area (TPSA) is 63.3 Å². The van der Waals surface area contributed by atoms with Crippen molar-refractivity contribution in [3.8, 4) is 0 Å². The highest BCUT2D eigenvalue weighted by Crippen LogP contribution is 2.27. The zero-order chi connectivity index (χ0) is 10.6. The molecular formula is C11H15NO2. The maximum atomic E-state index is 11.2. The van der Waals surface area contributed by atoms with E-state index in [4.69, 9.17) is 10.8 Å². The number of hydrogen-bond donors (Lipinski definition) is 2. The van der Waals surface area contributed by atoms with Gasteiger partial charge in [-0.05, 0) is 25.5 Å². The molecule has 3 nitrogen and oxygen atoms in total. The molecule has 0 aliphatic carbocycles. The van der Waals surface area contributed by atoms with Crippen molar-refractivity contribution in [2.75, 3.05) is 6.54 Å². The molecule has 14 heavy (non-hydrogen) atoms. The number of benzene rings is 1. The van der Waals surface area contributed by atoms with Crippen LogP contribution in [0.25, 0.3) is 0 Å². The third kappa shape index (κ3) is 1.93. The van der Waals surface area contributed by atoms with Crippen LogP contribution in [0.3, 0.4) is 0 Å². The molecule has 0 radical (unpaired) electrons. The Labute approximate surface area is 83.6 Å². The summed E-state index contributed by atoms with van der Waals surface area (Å²) < 4.78 is 0. The summed E-state index contributed by atoms with van der Waals surface area (Å²) >= 11 is 0. The molecule has 0 saturated carbocycles. The first-order valence-corrected chi connectivity index (χ1v) is 4.60. The van der Waals surface area contributed by atoms with Crippen molar-refractivity contribution in [2.24, 2.45) is 5.73 Å². The van der Waals surface area contributed by atoms with Crippen LogP contribution in [0.2, 0.25) is 0 Å². The zero-order valence-corrected chi connectivity index (χ0v) is 8.23. The lowest BCUT2D eigenvalue weighted by atomic mass is 9.79. The minimum Gasteiger partial charge on any atom is -0.481 e. The predicted octanol–water partition coefficient (Wildman–Crippen LogP) is 1.38. The number of carbonyl (C=O) groups is 1. The Balaban J connectivity index is 3.06. The van der Waals surface area contributed by atoms with Gasteiger partial charge in [0.1, 0.15) is 0 Å². The first-order valence-electron chi connectivity index (χ1n) is 4.60. The SMILES string of the molecule is CC(CCN)(C(=O)O)c1ccccc1. The Kier molecular flexibility index (Phi) is 3.25. The van der Waals surface area contributed by atoms with Crippen molar-refractivity contribution in [1.29, 1.82) is 0 Å². The summed E-state index contributed by atoms with van der Waals surface area (Å²) in [7, 11) is 0. The number of rotatable bonds is 4. The second-order valence-electron chi connectivity index (χ2n) is 3.54. The van der Waals surface area contributed by atoms with Crippen molar-refractivity contribution >= 4 is 5.97 Å². The van der Waals surface area contributed by atoms with E-state index in [2.05, 4.69) is 0 Å². The highest BCUT2D eigenvalue weighted by Gasteiger charge is 2.33. The molecule has 1 aromatic rings. The number of hydrogen-bond acceptors (Lipinski definition) is 2. The molecule has 0 fully saturated rings. The summed E-state index contributed by atoms with van der Waals surface area (Å²) in [6.45, 7) is 2.08. The van der Waals surface area contributed by atoms with Crippen LogP contribution in [0, 0.1) is 0 Å². The number of carboxylic acid groups (broad SMARTS) is 1. The lowest BCUT2D eigenvalue weighted by molar-refractivity contribution is -0.143. The van der Waals surface area contributed by atoms with E-state index in [0.29, 0.717) is 13.0 Å². The molecule has 1 atom stereocenters. The van der Waals surface area contributed by atoms with Crippen LogP contribution in [0.15, 0.2) is 30.3 Å². The number of aliphatic carboxylic acids is 1. The molecule has 0 saturated heterocycles. The van der Waals surface area contributed by atoms with Crippen molar-refractivity contribution in [3.05, 3.63) is 35.9 Å². The van der Waals surface area contributed by atoms with Crippen LogP contribution >= 0.6 is 0 Å². The lowest BCUT2D eigenvalue weighted by Gasteiger charge is -2.24. The van der Waals surface area contributed by atoms with Gasteiger partial charge in [-0.15, -0.1) is 0 Å². The third-order valence-electron chi connectivity index (χ3n) is 2.53. The molecule has 3 heteroatoms. The maximum Gasteiger partial charge on any atom is 0.313 e. The Morgan fingerprint density at radius 2 is 2.00 bits per heavy atom. The Hall–Kier alpha value is -1.35. The van der Waals surface area contributed by atoms with Gasteiger partial charge in [-0.2, -0.15) is 0 Å². The molecule has 0 aromatic heterocycles. The van der Waals surface area contributed by atoms with Crippen LogP contribution in [0.5, 0.6) is 0 Å². The van der Waals surface area contributed by atoms with E-state index in [1.54, 1.807) is 6.92 Å². The summed E-state index contributed by atoms with van der Waals surface area (Å²) in [5.41, 5.74) is 5.37. The molecule has 1 aromatic carbocycles. The predicted molar refractivity (Wildman–Crippen MR) is 55.1 cm³/mol. The molecule has 0 aliphatic rings. The van der Waals surface area contributed by atoms with Gasteiger partial charge in [0.2, 0.25) is 0 Å². The first kappa shape index (κ1) is 10.7. The minimum absolute atomic E-state index is 0.373. The van der Waals surface area contributed by atoms with E-state index < -0.39 is 11.4 Å². The molecule has 0 amide bonds. The van der Waals surface area contributed by atoms with Crippen molar-refractivity contribution in [2.45, 2.75) is 18.8 Å².